The second-order valence-corrected chi connectivity index (χ2v) is 8.07. The van der Waals surface area contributed by atoms with Crippen molar-refractivity contribution in [1.82, 2.24) is 10.2 Å². The van der Waals surface area contributed by atoms with Crippen molar-refractivity contribution in [2.24, 2.45) is 5.92 Å². The fourth-order valence-electron chi connectivity index (χ4n) is 4.60. The summed E-state index contributed by atoms with van der Waals surface area (Å²) < 4.78 is 26.7. The van der Waals surface area contributed by atoms with Gasteiger partial charge in [0.05, 0.1) is 0 Å². The van der Waals surface area contributed by atoms with E-state index in [0.29, 0.717) is 18.5 Å². The van der Waals surface area contributed by atoms with Crippen LogP contribution in [0.25, 0.3) is 0 Å². The van der Waals surface area contributed by atoms with Crippen LogP contribution >= 0.6 is 0 Å². The number of anilines is 1. The molecule has 158 valence electrons. The minimum absolute atomic E-state index is 0.0850. The molecule has 4 rings (SSSR count). The Bertz CT molecular complexity index is 913. The van der Waals surface area contributed by atoms with Crippen LogP contribution in [0.15, 0.2) is 48.5 Å². The summed E-state index contributed by atoms with van der Waals surface area (Å²) in [4.78, 5) is 27.4. The molecular formula is C23H25F2N3O2. The first-order chi connectivity index (χ1) is 14.5. The lowest BCUT2D eigenvalue weighted by Crippen LogP contribution is -2.38. The van der Waals surface area contributed by atoms with Crippen molar-refractivity contribution in [2.75, 3.05) is 18.4 Å². The summed E-state index contributed by atoms with van der Waals surface area (Å²) in [6.45, 7) is 1.53. The van der Waals surface area contributed by atoms with Crippen molar-refractivity contribution >= 4 is 17.6 Å². The molecule has 1 saturated carbocycles. The van der Waals surface area contributed by atoms with E-state index < -0.39 is 11.8 Å². The first-order valence-electron chi connectivity index (χ1n) is 10.4. The average molecular weight is 413 g/mol. The smallest absolute Gasteiger partial charge is 0.319 e. The minimum atomic E-state index is -0.433. The molecule has 2 aromatic carbocycles. The molecule has 2 fully saturated rings. The number of benzene rings is 2. The van der Waals surface area contributed by atoms with E-state index in [1.807, 2.05) is 4.90 Å². The molecule has 0 radical (unpaired) electrons. The lowest BCUT2D eigenvalue weighted by molar-refractivity contribution is -0.134. The highest BCUT2D eigenvalue weighted by atomic mass is 19.1. The Labute approximate surface area is 174 Å². The highest BCUT2D eigenvalue weighted by molar-refractivity contribution is 5.89. The highest BCUT2D eigenvalue weighted by Gasteiger charge is 2.42. The van der Waals surface area contributed by atoms with Crippen LogP contribution in [0.2, 0.25) is 0 Å². The molecule has 0 unspecified atom stereocenters. The van der Waals surface area contributed by atoms with Gasteiger partial charge >= 0.3 is 6.03 Å². The molecule has 2 aromatic rings. The van der Waals surface area contributed by atoms with Crippen LogP contribution in [0.5, 0.6) is 0 Å². The summed E-state index contributed by atoms with van der Waals surface area (Å²) in [5, 5.41) is 5.55. The zero-order valence-electron chi connectivity index (χ0n) is 16.6. The molecule has 0 aromatic heterocycles. The number of urea groups is 1. The van der Waals surface area contributed by atoms with Gasteiger partial charge in [0.15, 0.2) is 0 Å². The number of amides is 3. The van der Waals surface area contributed by atoms with Gasteiger partial charge in [-0.25, -0.2) is 13.6 Å². The van der Waals surface area contributed by atoms with Gasteiger partial charge in [0.2, 0.25) is 5.91 Å². The number of hydrogen-bond donors (Lipinski definition) is 2. The monoisotopic (exact) mass is 413 g/mol. The average Bonchev–Trinajstić information content (AvgIpc) is 3.38. The van der Waals surface area contributed by atoms with Crippen molar-refractivity contribution in [3.63, 3.8) is 0 Å². The van der Waals surface area contributed by atoms with Gasteiger partial charge in [-0.1, -0.05) is 18.2 Å². The number of nitrogens with one attached hydrogen (secondary N) is 2. The maximum atomic E-state index is 13.4. The summed E-state index contributed by atoms with van der Waals surface area (Å²) in [5.74, 6) is -0.979. The van der Waals surface area contributed by atoms with Crippen LogP contribution in [0.3, 0.4) is 0 Å². The van der Waals surface area contributed by atoms with Crippen LogP contribution in [-0.2, 0) is 4.79 Å². The van der Waals surface area contributed by atoms with E-state index in [4.69, 9.17) is 0 Å². The van der Waals surface area contributed by atoms with Gasteiger partial charge in [-0.05, 0) is 67.5 Å². The summed E-state index contributed by atoms with van der Waals surface area (Å²) in [7, 11) is 0. The largest absolute Gasteiger partial charge is 0.342 e. The second-order valence-electron chi connectivity index (χ2n) is 8.07. The number of likely N-dealkylation sites (tertiary alicyclic amines) is 1. The normalized spacial score (nSPS) is 23.4. The van der Waals surface area contributed by atoms with E-state index in [2.05, 4.69) is 10.6 Å². The number of carbonyl (C=O) groups excluding carboxylic acids is 2. The van der Waals surface area contributed by atoms with Crippen molar-refractivity contribution in [3.8, 4) is 0 Å². The molecular weight excluding hydrogens is 388 g/mol. The Hall–Kier alpha value is -2.96. The number of hydrogen-bond acceptors (Lipinski definition) is 2. The zero-order chi connectivity index (χ0) is 21.1. The maximum Gasteiger partial charge on any atom is 0.319 e. The van der Waals surface area contributed by atoms with E-state index in [0.717, 1.165) is 31.5 Å². The Morgan fingerprint density at radius 3 is 2.37 bits per heavy atom. The van der Waals surface area contributed by atoms with Crippen molar-refractivity contribution in [3.05, 3.63) is 65.7 Å². The molecule has 1 heterocycles. The van der Waals surface area contributed by atoms with Gasteiger partial charge in [-0.15, -0.1) is 0 Å². The topological polar surface area (TPSA) is 61.4 Å². The molecule has 0 spiro atoms. The van der Waals surface area contributed by atoms with Gasteiger partial charge < -0.3 is 15.5 Å². The third-order valence-electron chi connectivity index (χ3n) is 6.01. The molecule has 0 bridgehead atoms. The number of halogens is 2. The lowest BCUT2D eigenvalue weighted by Gasteiger charge is -2.24. The Kier molecular flexibility index (Phi) is 5.97. The predicted octanol–water partition coefficient (Wildman–Crippen LogP) is 4.27. The number of nitrogens with zero attached hydrogens (tertiary/aromatic N) is 1. The van der Waals surface area contributed by atoms with Gasteiger partial charge in [-0.2, -0.15) is 0 Å². The quantitative estimate of drug-likeness (QED) is 0.786. The van der Waals surface area contributed by atoms with E-state index in [1.54, 1.807) is 18.2 Å². The van der Waals surface area contributed by atoms with E-state index in [1.165, 1.54) is 30.3 Å². The molecule has 1 saturated heterocycles. The van der Waals surface area contributed by atoms with E-state index in [9.17, 15) is 18.4 Å². The third-order valence-corrected chi connectivity index (χ3v) is 6.01. The molecule has 30 heavy (non-hydrogen) atoms. The predicted molar refractivity (Wildman–Crippen MR) is 110 cm³/mol. The van der Waals surface area contributed by atoms with Crippen molar-refractivity contribution in [2.45, 2.75) is 37.6 Å². The Balaban J connectivity index is 1.47. The van der Waals surface area contributed by atoms with Gasteiger partial charge in [-0.3, -0.25) is 4.79 Å². The molecule has 1 aliphatic carbocycles. The summed E-state index contributed by atoms with van der Waals surface area (Å²) in [6.07, 6.45) is 3.13. The second kappa shape index (κ2) is 8.81. The fourth-order valence-corrected chi connectivity index (χ4v) is 4.60. The van der Waals surface area contributed by atoms with E-state index in [-0.39, 0.29) is 29.6 Å². The first kappa shape index (κ1) is 20.3. The summed E-state index contributed by atoms with van der Waals surface area (Å²) >= 11 is 0. The molecule has 3 atom stereocenters. The maximum absolute atomic E-state index is 13.4. The van der Waals surface area contributed by atoms with Crippen LogP contribution in [0.4, 0.5) is 19.3 Å². The SMILES string of the molecule is O=C(Nc1cccc(F)c1)N[C@@H]1C[C@H](C(=O)N2CCCC2)[C@@H](c2ccc(F)cc2)C1. The van der Waals surface area contributed by atoms with Crippen LogP contribution in [-0.4, -0.2) is 36.0 Å². The summed E-state index contributed by atoms with van der Waals surface area (Å²) in [5.41, 5.74) is 1.27. The first-order valence-corrected chi connectivity index (χ1v) is 10.4. The van der Waals surface area contributed by atoms with Crippen LogP contribution < -0.4 is 10.6 Å². The van der Waals surface area contributed by atoms with Crippen LogP contribution in [0.1, 0.15) is 37.2 Å². The third kappa shape index (κ3) is 4.61. The highest BCUT2D eigenvalue weighted by Crippen LogP contribution is 2.41. The Morgan fingerprint density at radius 1 is 0.933 bits per heavy atom. The molecule has 3 amide bonds. The molecule has 2 N–H and O–H groups in total. The number of rotatable bonds is 4. The van der Waals surface area contributed by atoms with Crippen LogP contribution in [0, 0.1) is 17.6 Å². The van der Waals surface area contributed by atoms with Crippen molar-refractivity contribution < 1.29 is 18.4 Å². The summed E-state index contributed by atoms with van der Waals surface area (Å²) in [6, 6.07) is 11.3. The Morgan fingerprint density at radius 2 is 1.67 bits per heavy atom. The van der Waals surface area contributed by atoms with Gasteiger partial charge in [0.25, 0.3) is 0 Å². The van der Waals surface area contributed by atoms with Gasteiger partial charge in [0, 0.05) is 30.7 Å². The molecule has 1 aliphatic heterocycles. The van der Waals surface area contributed by atoms with E-state index >= 15 is 0 Å². The lowest BCUT2D eigenvalue weighted by atomic mass is 9.88. The molecule has 7 heteroatoms. The zero-order valence-corrected chi connectivity index (χ0v) is 16.6. The fraction of sp³-hybridized carbons (Fsp3) is 0.391. The minimum Gasteiger partial charge on any atom is -0.342 e. The number of carbonyl (C=O) groups is 2. The standard InChI is InChI=1S/C23H25F2N3O2/c24-16-8-6-15(7-9-16)20-13-19(14-21(20)22(29)28-10-1-2-11-28)27-23(30)26-18-5-3-4-17(25)12-18/h3-9,12,19-21H,1-2,10-11,13-14H2,(H2,26,27,30)/t19-,20+,21-/m0/s1. The van der Waals surface area contributed by atoms with Crippen molar-refractivity contribution in [1.29, 1.82) is 0 Å². The molecule has 2 aliphatic rings. The van der Waals surface area contributed by atoms with Gasteiger partial charge in [0.1, 0.15) is 11.6 Å². The molecule has 5 nitrogen and oxygen atoms in total.